The topological polar surface area (TPSA) is 42.4 Å². The second kappa shape index (κ2) is 4.95. The smallest absolute Gasteiger partial charge is 0.122 e. The molecule has 0 spiro atoms. The van der Waals surface area contributed by atoms with Crippen molar-refractivity contribution in [1.29, 1.82) is 0 Å². The summed E-state index contributed by atoms with van der Waals surface area (Å²) in [5.74, 6) is 4.38. The fourth-order valence-corrected chi connectivity index (χ4v) is 3.39. The largest absolute Gasteiger partial charge is 0.464 e. The minimum absolute atomic E-state index is 0.217. The molecule has 2 heterocycles. The number of nitrogens with zero attached hydrogens (tertiary/aromatic N) is 1. The van der Waals surface area contributed by atoms with Gasteiger partial charge in [0, 0.05) is 25.0 Å². The van der Waals surface area contributed by atoms with Gasteiger partial charge in [-0.2, -0.15) is 0 Å². The Balaban J connectivity index is 1.76. The van der Waals surface area contributed by atoms with Gasteiger partial charge in [-0.15, -0.1) is 0 Å². The molecule has 106 valence electrons. The summed E-state index contributed by atoms with van der Waals surface area (Å²) in [4.78, 5) is 2.49. The van der Waals surface area contributed by atoms with Gasteiger partial charge in [-0.3, -0.25) is 4.90 Å². The van der Waals surface area contributed by atoms with Crippen LogP contribution in [0.2, 0.25) is 0 Å². The fourth-order valence-electron chi connectivity index (χ4n) is 3.39. The van der Waals surface area contributed by atoms with Crippen molar-refractivity contribution in [1.82, 2.24) is 4.90 Å². The Morgan fingerprint density at radius 2 is 2.05 bits per heavy atom. The highest BCUT2D eigenvalue weighted by Crippen LogP contribution is 2.48. The zero-order valence-corrected chi connectivity index (χ0v) is 12.3. The van der Waals surface area contributed by atoms with Gasteiger partial charge >= 0.3 is 0 Å². The molecule has 3 heteroatoms. The van der Waals surface area contributed by atoms with E-state index in [9.17, 15) is 0 Å². The predicted molar refractivity (Wildman–Crippen MR) is 77.0 cm³/mol. The van der Waals surface area contributed by atoms with Crippen LogP contribution in [0.4, 0.5) is 0 Å². The zero-order valence-electron chi connectivity index (χ0n) is 12.3. The number of likely N-dealkylation sites (tertiary alicyclic amines) is 1. The second-order valence-electron chi connectivity index (χ2n) is 6.85. The molecule has 0 bridgehead atoms. The SMILES string of the molecule is CC(C)CN1CCC(N)C1c1ccc(C2CC2C)o1. The molecule has 4 atom stereocenters. The molecule has 1 aromatic rings. The summed E-state index contributed by atoms with van der Waals surface area (Å²) >= 11 is 0. The van der Waals surface area contributed by atoms with E-state index >= 15 is 0 Å². The van der Waals surface area contributed by atoms with Crippen LogP contribution in [0.5, 0.6) is 0 Å². The standard InChI is InChI=1S/C16H26N2O/c1-10(2)9-18-7-6-13(17)16(18)15-5-4-14(19-15)12-8-11(12)3/h4-5,10-13,16H,6-9,17H2,1-3H3. The van der Waals surface area contributed by atoms with Gasteiger partial charge in [0.2, 0.25) is 0 Å². The highest BCUT2D eigenvalue weighted by molar-refractivity contribution is 5.21. The van der Waals surface area contributed by atoms with E-state index in [1.54, 1.807) is 0 Å². The Bertz CT molecular complexity index is 440. The lowest BCUT2D eigenvalue weighted by atomic mass is 10.1. The van der Waals surface area contributed by atoms with Gasteiger partial charge < -0.3 is 10.2 Å². The van der Waals surface area contributed by atoms with Crippen LogP contribution < -0.4 is 5.73 Å². The molecular weight excluding hydrogens is 236 g/mol. The average molecular weight is 262 g/mol. The first-order valence-electron chi connectivity index (χ1n) is 7.65. The van der Waals surface area contributed by atoms with Crippen molar-refractivity contribution in [3.05, 3.63) is 23.7 Å². The van der Waals surface area contributed by atoms with Gasteiger partial charge in [-0.25, -0.2) is 0 Å². The summed E-state index contributed by atoms with van der Waals surface area (Å²) in [5, 5.41) is 0. The third kappa shape index (κ3) is 2.59. The Morgan fingerprint density at radius 1 is 1.37 bits per heavy atom. The lowest BCUT2D eigenvalue weighted by Gasteiger charge is -2.26. The molecule has 0 amide bonds. The molecule has 0 radical (unpaired) electrons. The number of nitrogens with two attached hydrogens (primary N) is 1. The van der Waals surface area contributed by atoms with E-state index in [-0.39, 0.29) is 12.1 Å². The minimum Gasteiger partial charge on any atom is -0.464 e. The average Bonchev–Trinajstić information content (AvgIpc) is 2.74. The van der Waals surface area contributed by atoms with Crippen molar-refractivity contribution < 1.29 is 4.42 Å². The highest BCUT2D eigenvalue weighted by atomic mass is 16.3. The summed E-state index contributed by atoms with van der Waals surface area (Å²) in [7, 11) is 0. The summed E-state index contributed by atoms with van der Waals surface area (Å²) in [6.45, 7) is 9.02. The molecule has 4 unspecified atom stereocenters. The molecule has 0 aromatic carbocycles. The van der Waals surface area contributed by atoms with Gasteiger partial charge in [-0.1, -0.05) is 20.8 Å². The maximum absolute atomic E-state index is 6.30. The van der Waals surface area contributed by atoms with E-state index in [4.69, 9.17) is 10.2 Å². The molecule has 1 saturated carbocycles. The fraction of sp³-hybridized carbons (Fsp3) is 0.750. The van der Waals surface area contributed by atoms with Crippen LogP contribution in [0.15, 0.2) is 16.5 Å². The van der Waals surface area contributed by atoms with Gasteiger partial charge in [0.1, 0.15) is 11.5 Å². The van der Waals surface area contributed by atoms with E-state index in [0.29, 0.717) is 11.8 Å². The van der Waals surface area contributed by atoms with E-state index in [1.165, 1.54) is 12.2 Å². The summed E-state index contributed by atoms with van der Waals surface area (Å²) in [5.41, 5.74) is 6.30. The van der Waals surface area contributed by atoms with E-state index in [1.807, 2.05) is 0 Å². The first kappa shape index (κ1) is 13.2. The molecule has 3 rings (SSSR count). The molecule has 2 fully saturated rings. The van der Waals surface area contributed by atoms with Crippen molar-refractivity contribution >= 4 is 0 Å². The van der Waals surface area contributed by atoms with Crippen LogP contribution >= 0.6 is 0 Å². The predicted octanol–water partition coefficient (Wildman–Crippen LogP) is 3.13. The van der Waals surface area contributed by atoms with Crippen LogP contribution in [0.3, 0.4) is 0 Å². The van der Waals surface area contributed by atoms with E-state index < -0.39 is 0 Å². The number of rotatable bonds is 4. The lowest BCUT2D eigenvalue weighted by Crippen LogP contribution is -2.33. The zero-order chi connectivity index (χ0) is 13.6. The maximum Gasteiger partial charge on any atom is 0.122 e. The maximum atomic E-state index is 6.30. The molecule has 1 aromatic heterocycles. The second-order valence-corrected chi connectivity index (χ2v) is 6.85. The van der Waals surface area contributed by atoms with Crippen LogP contribution in [0.25, 0.3) is 0 Å². The Kier molecular flexibility index (Phi) is 3.44. The van der Waals surface area contributed by atoms with Crippen molar-refractivity contribution in [3.8, 4) is 0 Å². The molecule has 1 saturated heterocycles. The number of furan rings is 1. The molecule has 2 N–H and O–H groups in total. The Hall–Kier alpha value is -0.800. The molecule has 1 aliphatic carbocycles. The van der Waals surface area contributed by atoms with Gasteiger partial charge in [0.05, 0.1) is 6.04 Å². The molecule has 19 heavy (non-hydrogen) atoms. The van der Waals surface area contributed by atoms with Crippen LogP contribution in [0.1, 0.15) is 57.1 Å². The summed E-state index contributed by atoms with van der Waals surface area (Å²) < 4.78 is 6.12. The Labute approximate surface area is 116 Å². The lowest BCUT2D eigenvalue weighted by molar-refractivity contribution is 0.195. The Morgan fingerprint density at radius 3 is 2.68 bits per heavy atom. The molecule has 3 nitrogen and oxygen atoms in total. The molecule has 2 aliphatic rings. The van der Waals surface area contributed by atoms with E-state index in [2.05, 4.69) is 37.8 Å². The number of hydrogen-bond acceptors (Lipinski definition) is 3. The normalized spacial score (nSPS) is 35.2. The van der Waals surface area contributed by atoms with Gasteiger partial charge in [-0.05, 0) is 36.8 Å². The first-order valence-corrected chi connectivity index (χ1v) is 7.65. The van der Waals surface area contributed by atoms with Gasteiger partial charge in [0.25, 0.3) is 0 Å². The third-order valence-corrected chi connectivity index (χ3v) is 4.56. The third-order valence-electron chi connectivity index (χ3n) is 4.56. The van der Waals surface area contributed by atoms with E-state index in [0.717, 1.165) is 31.2 Å². The highest BCUT2D eigenvalue weighted by Gasteiger charge is 2.39. The van der Waals surface area contributed by atoms with Crippen LogP contribution in [-0.2, 0) is 0 Å². The molecular formula is C16H26N2O. The van der Waals surface area contributed by atoms with Crippen molar-refractivity contribution in [2.75, 3.05) is 13.1 Å². The first-order chi connectivity index (χ1) is 9.06. The van der Waals surface area contributed by atoms with Crippen molar-refractivity contribution in [2.24, 2.45) is 17.6 Å². The van der Waals surface area contributed by atoms with Crippen LogP contribution in [-0.4, -0.2) is 24.0 Å². The van der Waals surface area contributed by atoms with Crippen molar-refractivity contribution in [2.45, 2.75) is 51.6 Å². The minimum atomic E-state index is 0.217. The van der Waals surface area contributed by atoms with Crippen LogP contribution in [0, 0.1) is 11.8 Å². The summed E-state index contributed by atoms with van der Waals surface area (Å²) in [6, 6.07) is 4.82. The monoisotopic (exact) mass is 262 g/mol. The quantitative estimate of drug-likeness (QED) is 0.906. The number of hydrogen-bond donors (Lipinski definition) is 1. The van der Waals surface area contributed by atoms with Gasteiger partial charge in [0.15, 0.2) is 0 Å². The summed E-state index contributed by atoms with van der Waals surface area (Å²) in [6.07, 6.45) is 2.35. The van der Waals surface area contributed by atoms with Crippen molar-refractivity contribution in [3.63, 3.8) is 0 Å². The molecule has 1 aliphatic heterocycles.